The predicted octanol–water partition coefficient (Wildman–Crippen LogP) is 2.57. The summed E-state index contributed by atoms with van der Waals surface area (Å²) >= 11 is 0. The molecule has 0 saturated carbocycles. The van der Waals surface area contributed by atoms with Gasteiger partial charge in [-0.3, -0.25) is 0 Å². The zero-order chi connectivity index (χ0) is 19.9. The van der Waals surface area contributed by atoms with Gasteiger partial charge in [-0.05, 0) is 36.8 Å². The zero-order valence-corrected chi connectivity index (χ0v) is 16.9. The van der Waals surface area contributed by atoms with Gasteiger partial charge in [0.15, 0.2) is 5.96 Å². The highest BCUT2D eigenvalue weighted by Gasteiger charge is 2.20. The molecule has 0 spiro atoms. The number of anilines is 2. The Labute approximate surface area is 166 Å². The van der Waals surface area contributed by atoms with E-state index in [4.69, 9.17) is 4.99 Å². The molecule has 1 aliphatic heterocycles. The smallest absolute Gasteiger partial charge is 0.194 e. The number of piperazine rings is 1. The molecule has 1 aliphatic rings. The lowest BCUT2D eigenvalue weighted by atomic mass is 10.2. The van der Waals surface area contributed by atoms with E-state index < -0.39 is 0 Å². The molecule has 6 nitrogen and oxygen atoms in total. The normalized spacial score (nSPS) is 14.9. The lowest BCUT2D eigenvalue weighted by molar-refractivity contribution is 0.371. The van der Waals surface area contributed by atoms with Crippen LogP contribution >= 0.6 is 0 Å². The van der Waals surface area contributed by atoms with Gasteiger partial charge in [0.1, 0.15) is 11.6 Å². The highest BCUT2D eigenvalue weighted by atomic mass is 19.1. The summed E-state index contributed by atoms with van der Waals surface area (Å²) in [7, 11) is 3.67. The molecule has 0 bridgehead atoms. The highest BCUT2D eigenvalue weighted by Crippen LogP contribution is 2.19. The Bertz CT molecular complexity index is 785. The van der Waals surface area contributed by atoms with E-state index in [0.717, 1.165) is 50.1 Å². The summed E-state index contributed by atoms with van der Waals surface area (Å²) in [5.74, 6) is 1.67. The van der Waals surface area contributed by atoms with Crippen LogP contribution in [0, 0.1) is 5.82 Å². The van der Waals surface area contributed by atoms with Gasteiger partial charge in [-0.15, -0.1) is 0 Å². The molecule has 28 heavy (non-hydrogen) atoms. The van der Waals surface area contributed by atoms with E-state index >= 15 is 0 Å². The third kappa shape index (κ3) is 4.91. The average molecular weight is 385 g/mol. The number of benzene rings is 1. The van der Waals surface area contributed by atoms with Crippen LogP contribution < -0.4 is 15.1 Å². The number of halogens is 1. The molecular formula is C21H29FN6. The lowest BCUT2D eigenvalue weighted by Crippen LogP contribution is -2.52. The number of rotatable bonds is 5. The van der Waals surface area contributed by atoms with Gasteiger partial charge in [-0.2, -0.15) is 0 Å². The second-order valence-corrected chi connectivity index (χ2v) is 7.01. The Morgan fingerprint density at radius 2 is 1.96 bits per heavy atom. The highest BCUT2D eigenvalue weighted by molar-refractivity contribution is 5.80. The summed E-state index contributed by atoms with van der Waals surface area (Å²) in [5.41, 5.74) is 1.45. The number of aromatic nitrogens is 1. The molecule has 0 amide bonds. The van der Waals surface area contributed by atoms with Crippen LogP contribution in [0.4, 0.5) is 15.9 Å². The Kier molecular flexibility index (Phi) is 6.68. The van der Waals surface area contributed by atoms with Crippen molar-refractivity contribution >= 4 is 17.5 Å². The van der Waals surface area contributed by atoms with Gasteiger partial charge in [0.2, 0.25) is 0 Å². The number of pyridine rings is 1. The number of nitrogens with one attached hydrogen (secondary N) is 1. The van der Waals surface area contributed by atoms with Crippen LogP contribution in [0.1, 0.15) is 12.5 Å². The summed E-state index contributed by atoms with van der Waals surface area (Å²) in [5, 5.41) is 3.36. The van der Waals surface area contributed by atoms with Gasteiger partial charge in [-0.1, -0.05) is 12.1 Å². The number of nitrogens with zero attached hydrogens (tertiary/aromatic N) is 5. The van der Waals surface area contributed by atoms with Crippen molar-refractivity contribution in [1.82, 2.24) is 15.2 Å². The third-order valence-corrected chi connectivity index (χ3v) is 4.79. The number of hydrogen-bond donors (Lipinski definition) is 1. The van der Waals surface area contributed by atoms with Gasteiger partial charge in [-0.25, -0.2) is 14.4 Å². The summed E-state index contributed by atoms with van der Waals surface area (Å²) < 4.78 is 14.2. The standard InChI is InChI=1S/C21H29FN6/c1-4-23-21(25-16-17-8-9-19(26(2)3)18(22)15-17)28-13-11-27(12-14-28)20-7-5-6-10-24-20/h5-10,15H,4,11-14,16H2,1-3H3,(H,23,25). The summed E-state index contributed by atoms with van der Waals surface area (Å²) in [6, 6.07) is 11.3. The number of guanidine groups is 1. The molecule has 150 valence electrons. The molecule has 0 radical (unpaired) electrons. The lowest BCUT2D eigenvalue weighted by Gasteiger charge is -2.37. The van der Waals surface area contributed by atoms with Crippen molar-refractivity contribution in [3.05, 3.63) is 54.0 Å². The molecular weight excluding hydrogens is 355 g/mol. The van der Waals surface area contributed by atoms with E-state index in [1.807, 2.05) is 44.6 Å². The van der Waals surface area contributed by atoms with Crippen molar-refractivity contribution in [3.63, 3.8) is 0 Å². The Balaban J connectivity index is 1.64. The van der Waals surface area contributed by atoms with Crippen molar-refractivity contribution in [2.75, 3.05) is 56.6 Å². The first-order chi connectivity index (χ1) is 13.6. The zero-order valence-electron chi connectivity index (χ0n) is 16.9. The monoisotopic (exact) mass is 384 g/mol. The molecule has 1 fully saturated rings. The van der Waals surface area contributed by atoms with E-state index in [2.05, 4.69) is 27.0 Å². The minimum Gasteiger partial charge on any atom is -0.375 e. The summed E-state index contributed by atoms with van der Waals surface area (Å²) in [6.45, 7) is 6.85. The van der Waals surface area contributed by atoms with E-state index in [-0.39, 0.29) is 5.82 Å². The number of hydrogen-bond acceptors (Lipinski definition) is 4. The van der Waals surface area contributed by atoms with Crippen molar-refractivity contribution in [3.8, 4) is 0 Å². The van der Waals surface area contributed by atoms with Crippen molar-refractivity contribution in [2.45, 2.75) is 13.5 Å². The SMILES string of the molecule is CCNC(=NCc1ccc(N(C)C)c(F)c1)N1CCN(c2ccccn2)CC1. The van der Waals surface area contributed by atoms with Crippen LogP contribution in [0.5, 0.6) is 0 Å². The number of aliphatic imine (C=N–C) groups is 1. The van der Waals surface area contributed by atoms with Crippen LogP contribution in [0.25, 0.3) is 0 Å². The predicted molar refractivity (Wildman–Crippen MR) is 114 cm³/mol. The van der Waals surface area contributed by atoms with E-state index in [9.17, 15) is 4.39 Å². The van der Waals surface area contributed by atoms with Gasteiger partial charge in [0.05, 0.1) is 12.2 Å². The minimum absolute atomic E-state index is 0.216. The van der Waals surface area contributed by atoms with Gasteiger partial charge < -0.3 is 20.0 Å². The van der Waals surface area contributed by atoms with E-state index in [1.165, 1.54) is 0 Å². The van der Waals surface area contributed by atoms with Crippen LogP contribution in [-0.2, 0) is 6.54 Å². The van der Waals surface area contributed by atoms with E-state index in [0.29, 0.717) is 12.2 Å². The second kappa shape index (κ2) is 9.39. The topological polar surface area (TPSA) is 47.0 Å². The van der Waals surface area contributed by atoms with Crippen LogP contribution in [0.15, 0.2) is 47.6 Å². The van der Waals surface area contributed by atoms with Crippen molar-refractivity contribution < 1.29 is 4.39 Å². The maximum atomic E-state index is 14.2. The average Bonchev–Trinajstić information content (AvgIpc) is 2.72. The molecule has 7 heteroatoms. The molecule has 1 N–H and O–H groups in total. The van der Waals surface area contributed by atoms with Crippen molar-refractivity contribution in [2.24, 2.45) is 4.99 Å². The van der Waals surface area contributed by atoms with Crippen molar-refractivity contribution in [1.29, 1.82) is 0 Å². The Morgan fingerprint density at radius 1 is 1.18 bits per heavy atom. The molecule has 0 unspecified atom stereocenters. The van der Waals surface area contributed by atoms with Crippen LogP contribution in [0.2, 0.25) is 0 Å². The maximum absolute atomic E-state index is 14.2. The first-order valence-electron chi connectivity index (χ1n) is 9.73. The molecule has 0 aliphatic carbocycles. The fourth-order valence-corrected chi connectivity index (χ4v) is 3.29. The largest absolute Gasteiger partial charge is 0.375 e. The minimum atomic E-state index is -0.216. The summed E-state index contributed by atoms with van der Waals surface area (Å²) in [4.78, 5) is 15.5. The molecule has 0 atom stereocenters. The van der Waals surface area contributed by atoms with E-state index in [1.54, 1.807) is 17.0 Å². The molecule has 3 rings (SSSR count). The first kappa shape index (κ1) is 19.9. The fourth-order valence-electron chi connectivity index (χ4n) is 3.29. The van der Waals surface area contributed by atoms with Gasteiger partial charge in [0, 0.05) is 53.0 Å². The fraction of sp³-hybridized carbons (Fsp3) is 0.429. The third-order valence-electron chi connectivity index (χ3n) is 4.79. The molecule has 1 saturated heterocycles. The molecule has 2 heterocycles. The first-order valence-corrected chi connectivity index (χ1v) is 9.73. The van der Waals surface area contributed by atoms with Gasteiger partial charge in [0.25, 0.3) is 0 Å². The van der Waals surface area contributed by atoms with Crippen LogP contribution in [0.3, 0.4) is 0 Å². The van der Waals surface area contributed by atoms with Crippen LogP contribution in [-0.4, -0.2) is 62.7 Å². The molecule has 2 aromatic rings. The Morgan fingerprint density at radius 3 is 2.57 bits per heavy atom. The molecule has 1 aromatic carbocycles. The molecule has 1 aromatic heterocycles. The summed E-state index contributed by atoms with van der Waals surface area (Å²) in [6.07, 6.45) is 1.83. The quantitative estimate of drug-likeness (QED) is 0.634. The Hall–Kier alpha value is -2.83. The maximum Gasteiger partial charge on any atom is 0.194 e. The van der Waals surface area contributed by atoms with Gasteiger partial charge >= 0.3 is 0 Å². The second-order valence-electron chi connectivity index (χ2n) is 7.01.